The number of rotatable bonds is 2. The summed E-state index contributed by atoms with van der Waals surface area (Å²) in [5.74, 6) is 0. The van der Waals surface area contributed by atoms with Gasteiger partial charge in [0.2, 0.25) is 0 Å². The van der Waals surface area contributed by atoms with E-state index in [1.807, 2.05) is 25.1 Å². The summed E-state index contributed by atoms with van der Waals surface area (Å²) in [5, 5.41) is 0.769. The molecule has 0 aromatic heterocycles. The Morgan fingerprint density at radius 2 is 2.25 bits per heavy atom. The van der Waals surface area contributed by atoms with E-state index < -0.39 is 0 Å². The largest absolute Gasteiger partial charge is 0.501 e. The first kappa shape index (κ1) is 11.5. The van der Waals surface area contributed by atoms with Crippen molar-refractivity contribution in [2.45, 2.75) is 25.8 Å². The molecule has 0 saturated carbocycles. The van der Waals surface area contributed by atoms with Gasteiger partial charge in [-0.25, -0.2) is 0 Å². The van der Waals surface area contributed by atoms with Gasteiger partial charge >= 0.3 is 0 Å². The van der Waals surface area contributed by atoms with E-state index in [1.54, 1.807) is 6.26 Å². The second-order valence-corrected chi connectivity index (χ2v) is 4.51. The van der Waals surface area contributed by atoms with E-state index in [0.29, 0.717) is 0 Å². The van der Waals surface area contributed by atoms with Crippen molar-refractivity contribution in [2.75, 3.05) is 6.61 Å². The van der Waals surface area contributed by atoms with Gasteiger partial charge in [0, 0.05) is 5.02 Å². The fraction of sp³-hybridized carbons (Fsp3) is 0.385. The number of halogens is 1. The molecule has 1 aliphatic rings. The molecule has 2 N–H and O–H groups in total. The maximum atomic E-state index is 6.23. The Bertz CT molecular complexity index is 414. The molecular formula is C13H16ClNO. The van der Waals surface area contributed by atoms with Gasteiger partial charge in [-0.15, -0.1) is 0 Å². The lowest BCUT2D eigenvalue weighted by atomic mass is 9.93. The monoisotopic (exact) mass is 237 g/mol. The van der Waals surface area contributed by atoms with Crippen LogP contribution in [0.15, 0.2) is 30.0 Å². The molecule has 1 aromatic rings. The Hall–Kier alpha value is -0.990. The maximum absolute atomic E-state index is 6.23. The summed E-state index contributed by atoms with van der Waals surface area (Å²) >= 11 is 6.09. The van der Waals surface area contributed by atoms with Gasteiger partial charge in [0.05, 0.1) is 18.9 Å². The number of ether oxygens (including phenoxy) is 1. The van der Waals surface area contributed by atoms with E-state index in [1.165, 1.54) is 0 Å². The predicted octanol–water partition coefficient (Wildman–Crippen LogP) is 3.34. The minimum atomic E-state index is -0.0981. The van der Waals surface area contributed by atoms with Gasteiger partial charge < -0.3 is 10.5 Å². The SMILES string of the molecule is Cc1c(Cl)cccc1C(N)C1=COCCC1. The minimum absolute atomic E-state index is 0.0981. The molecule has 1 aromatic carbocycles. The molecule has 2 rings (SSSR count). The fourth-order valence-electron chi connectivity index (χ4n) is 1.97. The zero-order chi connectivity index (χ0) is 11.5. The molecule has 3 heteroatoms. The molecule has 2 nitrogen and oxygen atoms in total. The van der Waals surface area contributed by atoms with Crippen LogP contribution in [0.3, 0.4) is 0 Å². The number of hydrogen-bond acceptors (Lipinski definition) is 2. The molecule has 0 bridgehead atoms. The van der Waals surface area contributed by atoms with Crippen LogP contribution in [0, 0.1) is 6.92 Å². The maximum Gasteiger partial charge on any atom is 0.0876 e. The molecule has 0 saturated heterocycles. The number of benzene rings is 1. The Morgan fingerprint density at radius 1 is 1.44 bits per heavy atom. The van der Waals surface area contributed by atoms with Crippen LogP contribution in [0.1, 0.15) is 30.0 Å². The highest BCUT2D eigenvalue weighted by Gasteiger charge is 2.17. The van der Waals surface area contributed by atoms with E-state index in [4.69, 9.17) is 22.1 Å². The van der Waals surface area contributed by atoms with Crippen molar-refractivity contribution in [3.05, 3.63) is 46.2 Å². The summed E-state index contributed by atoms with van der Waals surface area (Å²) < 4.78 is 5.32. The minimum Gasteiger partial charge on any atom is -0.501 e. The van der Waals surface area contributed by atoms with Crippen molar-refractivity contribution in [2.24, 2.45) is 5.73 Å². The second-order valence-electron chi connectivity index (χ2n) is 4.10. The van der Waals surface area contributed by atoms with Gasteiger partial charge in [-0.2, -0.15) is 0 Å². The zero-order valence-electron chi connectivity index (χ0n) is 9.37. The van der Waals surface area contributed by atoms with Crippen molar-refractivity contribution >= 4 is 11.6 Å². The average Bonchev–Trinajstić information content (AvgIpc) is 2.33. The third kappa shape index (κ3) is 2.23. The topological polar surface area (TPSA) is 35.2 Å². The van der Waals surface area contributed by atoms with Crippen LogP contribution < -0.4 is 5.73 Å². The van der Waals surface area contributed by atoms with Crippen LogP contribution in [-0.4, -0.2) is 6.61 Å². The van der Waals surface area contributed by atoms with Crippen molar-refractivity contribution < 1.29 is 4.74 Å². The van der Waals surface area contributed by atoms with Crippen LogP contribution in [-0.2, 0) is 4.74 Å². The Balaban J connectivity index is 2.29. The Labute approximate surface area is 101 Å². The Kier molecular flexibility index (Phi) is 3.52. The van der Waals surface area contributed by atoms with Crippen molar-refractivity contribution in [3.8, 4) is 0 Å². The summed E-state index contributed by atoms with van der Waals surface area (Å²) in [5.41, 5.74) is 9.53. The third-order valence-corrected chi connectivity index (χ3v) is 3.42. The first-order valence-electron chi connectivity index (χ1n) is 5.51. The normalized spacial score (nSPS) is 17.6. The quantitative estimate of drug-likeness (QED) is 0.856. The first-order valence-corrected chi connectivity index (χ1v) is 5.89. The number of hydrogen-bond donors (Lipinski definition) is 1. The molecule has 16 heavy (non-hydrogen) atoms. The van der Waals surface area contributed by atoms with Gasteiger partial charge in [0.15, 0.2) is 0 Å². The van der Waals surface area contributed by atoms with Gasteiger partial charge in [-0.1, -0.05) is 23.7 Å². The standard InChI is InChI=1S/C13H16ClNO/c1-9-11(5-2-6-12(9)14)13(15)10-4-3-7-16-8-10/h2,5-6,8,13H,3-4,7,15H2,1H3. The summed E-state index contributed by atoms with van der Waals surface area (Å²) in [6.07, 6.45) is 3.85. The molecule has 1 atom stereocenters. The van der Waals surface area contributed by atoms with Crippen LogP contribution >= 0.6 is 11.6 Å². The van der Waals surface area contributed by atoms with E-state index in [-0.39, 0.29) is 6.04 Å². The van der Waals surface area contributed by atoms with Crippen molar-refractivity contribution in [1.82, 2.24) is 0 Å². The van der Waals surface area contributed by atoms with Crippen LogP contribution in [0.2, 0.25) is 5.02 Å². The molecule has 0 spiro atoms. The lowest BCUT2D eigenvalue weighted by Gasteiger charge is -2.21. The third-order valence-electron chi connectivity index (χ3n) is 3.01. The summed E-state index contributed by atoms with van der Waals surface area (Å²) in [4.78, 5) is 0. The van der Waals surface area contributed by atoms with E-state index >= 15 is 0 Å². The van der Waals surface area contributed by atoms with Gasteiger partial charge in [0.1, 0.15) is 0 Å². The van der Waals surface area contributed by atoms with Gasteiger partial charge in [-0.3, -0.25) is 0 Å². The van der Waals surface area contributed by atoms with E-state index in [9.17, 15) is 0 Å². The fourth-order valence-corrected chi connectivity index (χ4v) is 2.16. The summed E-state index contributed by atoms with van der Waals surface area (Å²) in [6, 6.07) is 5.76. The molecule has 0 fully saturated rings. The van der Waals surface area contributed by atoms with Gasteiger partial charge in [0.25, 0.3) is 0 Å². The molecule has 1 unspecified atom stereocenters. The molecule has 1 aliphatic heterocycles. The van der Waals surface area contributed by atoms with Crippen molar-refractivity contribution in [1.29, 1.82) is 0 Å². The first-order chi connectivity index (χ1) is 7.70. The highest BCUT2D eigenvalue weighted by Crippen LogP contribution is 2.30. The highest BCUT2D eigenvalue weighted by atomic mass is 35.5. The molecule has 1 heterocycles. The molecule has 86 valence electrons. The molecular weight excluding hydrogens is 222 g/mol. The predicted molar refractivity (Wildman–Crippen MR) is 66.4 cm³/mol. The van der Waals surface area contributed by atoms with E-state index in [0.717, 1.165) is 41.2 Å². The average molecular weight is 238 g/mol. The highest BCUT2D eigenvalue weighted by molar-refractivity contribution is 6.31. The van der Waals surface area contributed by atoms with Crippen LogP contribution in [0.4, 0.5) is 0 Å². The van der Waals surface area contributed by atoms with Crippen molar-refractivity contribution in [3.63, 3.8) is 0 Å². The van der Waals surface area contributed by atoms with Crippen LogP contribution in [0.5, 0.6) is 0 Å². The lowest BCUT2D eigenvalue weighted by molar-refractivity contribution is 0.221. The number of nitrogens with two attached hydrogens (primary N) is 1. The van der Waals surface area contributed by atoms with Gasteiger partial charge in [-0.05, 0) is 42.5 Å². The summed E-state index contributed by atoms with van der Waals surface area (Å²) in [7, 11) is 0. The lowest BCUT2D eigenvalue weighted by Crippen LogP contribution is -2.17. The smallest absolute Gasteiger partial charge is 0.0876 e. The molecule has 0 aliphatic carbocycles. The van der Waals surface area contributed by atoms with E-state index in [2.05, 4.69) is 0 Å². The second kappa shape index (κ2) is 4.89. The zero-order valence-corrected chi connectivity index (χ0v) is 10.1. The summed E-state index contributed by atoms with van der Waals surface area (Å²) in [6.45, 7) is 2.80. The molecule has 0 amide bonds. The van der Waals surface area contributed by atoms with Crippen LogP contribution in [0.25, 0.3) is 0 Å². The molecule has 0 radical (unpaired) electrons. The Morgan fingerprint density at radius 3 is 2.94 bits per heavy atom.